The Labute approximate surface area is 106 Å². The molecule has 0 aliphatic rings. The number of alkyl halides is 3. The first-order chi connectivity index (χ1) is 8.16. The molecule has 9 heteroatoms. The zero-order valence-electron chi connectivity index (χ0n) is 8.69. The third kappa shape index (κ3) is 3.14. The quantitative estimate of drug-likeness (QED) is 0.803. The Morgan fingerprint density at radius 3 is 2.17 bits per heavy atom. The Bertz CT molecular complexity index is 530. The summed E-state index contributed by atoms with van der Waals surface area (Å²) in [6.45, 7) is 0. The number of carbonyl (C=O) groups is 1. The predicted molar refractivity (Wildman–Crippen MR) is 57.8 cm³/mol. The van der Waals surface area contributed by atoms with Gasteiger partial charge in [0.05, 0.1) is 6.42 Å². The summed E-state index contributed by atoms with van der Waals surface area (Å²) in [5, 5.41) is 0. The fourth-order valence-corrected chi connectivity index (χ4v) is 1.87. The van der Waals surface area contributed by atoms with E-state index in [1.165, 1.54) is 12.1 Å². The van der Waals surface area contributed by atoms with Crippen molar-refractivity contribution in [1.29, 1.82) is 0 Å². The van der Waals surface area contributed by atoms with Crippen LogP contribution in [0.5, 0.6) is 0 Å². The van der Waals surface area contributed by atoms with Gasteiger partial charge in [-0.05, 0) is 5.56 Å². The minimum Gasteiger partial charge on any atom is -0.272 e. The van der Waals surface area contributed by atoms with Gasteiger partial charge in [-0.2, -0.15) is 21.6 Å². The van der Waals surface area contributed by atoms with Gasteiger partial charge in [-0.3, -0.25) is 4.79 Å². The summed E-state index contributed by atoms with van der Waals surface area (Å²) in [6.07, 6.45) is -0.542. The maximum absolute atomic E-state index is 12.1. The number of sulfonamides is 1. The van der Waals surface area contributed by atoms with Gasteiger partial charge in [0.25, 0.3) is 5.91 Å². The number of hydrogen-bond acceptors (Lipinski definition) is 3. The van der Waals surface area contributed by atoms with E-state index in [-0.39, 0.29) is 0 Å². The second-order valence-electron chi connectivity index (χ2n) is 3.22. The van der Waals surface area contributed by atoms with Crippen LogP contribution in [-0.4, -0.2) is 23.7 Å². The second kappa shape index (κ2) is 5.15. The van der Waals surface area contributed by atoms with Crippen molar-refractivity contribution in [3.63, 3.8) is 0 Å². The van der Waals surface area contributed by atoms with Crippen molar-refractivity contribution in [2.24, 2.45) is 0 Å². The first kappa shape index (κ1) is 14.8. The standard InChI is InChI=1S/C9H7ClF3NO3S/c10-14(18(16,17)9(11,12)13)8(15)6-7-4-2-1-3-5-7/h1-5H,6H2. The van der Waals surface area contributed by atoms with Crippen LogP contribution in [0.25, 0.3) is 0 Å². The predicted octanol–water partition coefficient (Wildman–Crippen LogP) is 2.06. The average molecular weight is 302 g/mol. The Kier molecular flexibility index (Phi) is 4.23. The normalized spacial score (nSPS) is 12.2. The molecule has 0 spiro atoms. The molecule has 0 bridgehead atoms. The van der Waals surface area contributed by atoms with Crippen LogP contribution in [0.2, 0.25) is 0 Å². The Balaban J connectivity index is 2.87. The van der Waals surface area contributed by atoms with Crippen molar-refractivity contribution >= 4 is 27.7 Å². The van der Waals surface area contributed by atoms with Crippen molar-refractivity contribution in [2.75, 3.05) is 0 Å². The summed E-state index contributed by atoms with van der Waals surface area (Å²) in [7, 11) is -5.85. The Morgan fingerprint density at radius 1 is 1.22 bits per heavy atom. The van der Waals surface area contributed by atoms with E-state index in [0.29, 0.717) is 5.56 Å². The van der Waals surface area contributed by atoms with Gasteiger partial charge in [0, 0.05) is 11.8 Å². The van der Waals surface area contributed by atoms with Crippen LogP contribution in [0.3, 0.4) is 0 Å². The first-order valence-electron chi connectivity index (χ1n) is 4.50. The summed E-state index contributed by atoms with van der Waals surface area (Å²) < 4.78 is 57.2. The average Bonchev–Trinajstić information content (AvgIpc) is 2.27. The zero-order chi connectivity index (χ0) is 14.0. The number of rotatable bonds is 3. The lowest BCUT2D eigenvalue weighted by atomic mass is 10.1. The molecule has 0 heterocycles. The summed E-state index contributed by atoms with van der Waals surface area (Å²) in [5.74, 6) is -1.37. The lowest BCUT2D eigenvalue weighted by molar-refractivity contribution is -0.123. The molecule has 0 saturated carbocycles. The molecular formula is C9H7ClF3NO3S. The fraction of sp³-hybridized carbons (Fsp3) is 0.222. The van der Waals surface area contributed by atoms with E-state index in [0.717, 1.165) is 0 Å². The lowest BCUT2D eigenvalue weighted by Gasteiger charge is -2.15. The van der Waals surface area contributed by atoms with Gasteiger partial charge < -0.3 is 0 Å². The van der Waals surface area contributed by atoms with Crippen molar-refractivity contribution in [3.8, 4) is 0 Å². The highest BCUT2D eigenvalue weighted by atomic mass is 35.5. The van der Waals surface area contributed by atoms with Gasteiger partial charge in [0.15, 0.2) is 0 Å². The third-order valence-electron chi connectivity index (χ3n) is 1.90. The van der Waals surface area contributed by atoms with Crippen LogP contribution < -0.4 is 0 Å². The van der Waals surface area contributed by atoms with Crippen LogP contribution in [0.15, 0.2) is 30.3 Å². The number of halogens is 4. The molecule has 0 N–H and O–H groups in total. The van der Waals surface area contributed by atoms with Crippen LogP contribution in [0, 0.1) is 0 Å². The second-order valence-corrected chi connectivity index (χ2v) is 5.54. The molecule has 100 valence electrons. The lowest BCUT2D eigenvalue weighted by Crippen LogP contribution is -2.39. The molecule has 1 aromatic rings. The summed E-state index contributed by atoms with van der Waals surface area (Å²) in [5.41, 5.74) is -5.26. The molecule has 0 saturated heterocycles. The molecule has 4 nitrogen and oxygen atoms in total. The highest BCUT2D eigenvalue weighted by Gasteiger charge is 2.51. The highest BCUT2D eigenvalue weighted by Crippen LogP contribution is 2.28. The van der Waals surface area contributed by atoms with Crippen molar-refractivity contribution < 1.29 is 26.4 Å². The third-order valence-corrected chi connectivity index (χ3v) is 3.84. The molecule has 0 aliphatic heterocycles. The summed E-state index contributed by atoms with van der Waals surface area (Å²) >= 11 is 4.93. The molecule has 0 fully saturated rings. The van der Waals surface area contributed by atoms with E-state index in [9.17, 15) is 26.4 Å². The van der Waals surface area contributed by atoms with E-state index < -0.39 is 31.7 Å². The summed E-state index contributed by atoms with van der Waals surface area (Å²) in [4.78, 5) is 11.3. The number of benzene rings is 1. The van der Waals surface area contributed by atoms with E-state index in [2.05, 4.69) is 0 Å². The van der Waals surface area contributed by atoms with Crippen LogP contribution >= 0.6 is 11.8 Å². The van der Waals surface area contributed by atoms with E-state index >= 15 is 0 Å². The Morgan fingerprint density at radius 2 is 1.72 bits per heavy atom. The van der Waals surface area contributed by atoms with Crippen molar-refractivity contribution in [1.82, 2.24) is 3.82 Å². The molecule has 1 rings (SSSR count). The van der Waals surface area contributed by atoms with Crippen LogP contribution in [0.1, 0.15) is 5.56 Å². The van der Waals surface area contributed by atoms with E-state index in [4.69, 9.17) is 11.8 Å². The zero-order valence-corrected chi connectivity index (χ0v) is 10.3. The molecule has 0 radical (unpaired) electrons. The molecule has 1 amide bonds. The van der Waals surface area contributed by atoms with Crippen molar-refractivity contribution in [2.45, 2.75) is 11.9 Å². The molecule has 0 atom stereocenters. The van der Waals surface area contributed by atoms with Gasteiger partial charge >= 0.3 is 15.5 Å². The topological polar surface area (TPSA) is 54.5 Å². The monoisotopic (exact) mass is 301 g/mol. The van der Waals surface area contributed by atoms with Crippen molar-refractivity contribution in [3.05, 3.63) is 35.9 Å². The molecule has 1 aromatic carbocycles. The number of carbonyl (C=O) groups excluding carboxylic acids is 1. The van der Waals surface area contributed by atoms with Gasteiger partial charge in [-0.15, -0.1) is 3.82 Å². The van der Waals surface area contributed by atoms with Gasteiger partial charge in [-0.25, -0.2) is 0 Å². The molecule has 0 aliphatic carbocycles. The van der Waals surface area contributed by atoms with Gasteiger partial charge in [-0.1, -0.05) is 30.3 Å². The first-order valence-corrected chi connectivity index (χ1v) is 6.28. The number of hydrogen-bond donors (Lipinski definition) is 0. The highest BCUT2D eigenvalue weighted by molar-refractivity contribution is 7.91. The fourth-order valence-electron chi connectivity index (χ4n) is 1.06. The maximum atomic E-state index is 12.1. The van der Waals surface area contributed by atoms with Gasteiger partial charge in [0.2, 0.25) is 0 Å². The minimum absolute atomic E-state index is 0.352. The summed E-state index contributed by atoms with van der Waals surface area (Å²) in [6, 6.07) is 7.67. The minimum atomic E-state index is -5.85. The Hall–Kier alpha value is -1.28. The molecular weight excluding hydrogens is 295 g/mol. The SMILES string of the molecule is O=C(Cc1ccccc1)N(Cl)S(=O)(=O)C(F)(F)F. The van der Waals surface area contributed by atoms with E-state index in [1.807, 2.05) is 0 Å². The van der Waals surface area contributed by atoms with E-state index in [1.54, 1.807) is 18.2 Å². The molecule has 0 unspecified atom stereocenters. The smallest absolute Gasteiger partial charge is 0.272 e. The number of amides is 1. The maximum Gasteiger partial charge on any atom is 0.518 e. The van der Waals surface area contributed by atoms with Crippen LogP contribution in [-0.2, 0) is 21.2 Å². The number of nitrogens with zero attached hydrogens (tertiary/aromatic N) is 1. The molecule has 0 aromatic heterocycles. The van der Waals surface area contributed by atoms with Gasteiger partial charge in [0.1, 0.15) is 0 Å². The molecule has 18 heavy (non-hydrogen) atoms. The van der Waals surface area contributed by atoms with Crippen LogP contribution in [0.4, 0.5) is 13.2 Å². The largest absolute Gasteiger partial charge is 0.518 e.